The first kappa shape index (κ1) is 24.7. The fourth-order valence-electron chi connectivity index (χ4n) is 2.86. The van der Waals surface area contributed by atoms with Gasteiger partial charge in [0.25, 0.3) is 0 Å². The van der Waals surface area contributed by atoms with Gasteiger partial charge in [0, 0.05) is 12.4 Å². The molecule has 0 saturated heterocycles. The highest BCUT2D eigenvalue weighted by molar-refractivity contribution is 4.64. The fraction of sp³-hybridized carbons (Fsp3) is 0.842. The van der Waals surface area contributed by atoms with Crippen LogP contribution >= 0.6 is 0 Å². The minimum atomic E-state index is 0. The van der Waals surface area contributed by atoms with Crippen molar-refractivity contribution in [2.75, 3.05) is 26.2 Å². The van der Waals surface area contributed by atoms with Gasteiger partial charge in [0.05, 0.1) is 32.5 Å². The summed E-state index contributed by atoms with van der Waals surface area (Å²) >= 11 is 0. The average molecular weight is 346 g/mol. The van der Waals surface area contributed by atoms with Crippen molar-refractivity contribution in [1.29, 1.82) is 0 Å². The second-order valence-electron chi connectivity index (χ2n) is 6.41. The molecule has 1 N–H and O–H groups in total. The first-order chi connectivity index (χ1) is 10.7. The van der Waals surface area contributed by atoms with Crippen LogP contribution in [0.2, 0.25) is 0 Å². The lowest BCUT2D eigenvalue weighted by molar-refractivity contribution is -0.929. The molecule has 23 heavy (non-hydrogen) atoms. The Morgan fingerprint density at radius 2 is 1.13 bits per heavy atom. The van der Waals surface area contributed by atoms with E-state index in [0.29, 0.717) is 0 Å². The van der Waals surface area contributed by atoms with Gasteiger partial charge in [0.2, 0.25) is 0 Å². The standard InChI is InChI=1S/C16H36N.C3H4N2.ClH/c1-5-9-13-17(14-10-6-2,15-11-7-3)16-12-8-4;1-2-5-3-4-1;/h5-16H2,1-4H3;1-3H,(H,4,5);1H/q+1;;/p-1. The van der Waals surface area contributed by atoms with E-state index in [-0.39, 0.29) is 12.4 Å². The molecule has 1 aromatic heterocycles. The Morgan fingerprint density at radius 1 is 0.739 bits per heavy atom. The summed E-state index contributed by atoms with van der Waals surface area (Å²) in [4.78, 5) is 6.42. The summed E-state index contributed by atoms with van der Waals surface area (Å²) in [6.07, 6.45) is 16.1. The number of nitrogens with zero attached hydrogens (tertiary/aromatic N) is 2. The van der Waals surface area contributed by atoms with Gasteiger partial charge < -0.3 is 21.9 Å². The van der Waals surface area contributed by atoms with E-state index in [0.717, 1.165) is 0 Å². The molecule has 0 aromatic carbocycles. The molecule has 0 aliphatic rings. The number of unbranched alkanes of at least 4 members (excludes halogenated alkanes) is 4. The number of nitrogens with one attached hydrogen (secondary N) is 1. The Balaban J connectivity index is 0. The predicted octanol–water partition coefficient (Wildman–Crippen LogP) is 2.42. The molecule has 0 aliphatic heterocycles. The van der Waals surface area contributed by atoms with Gasteiger partial charge in [-0.15, -0.1) is 0 Å². The maximum atomic E-state index is 3.67. The maximum absolute atomic E-state index is 3.67. The molecule has 0 unspecified atom stereocenters. The third-order valence-electron chi connectivity index (χ3n) is 4.35. The Hall–Kier alpha value is -0.540. The maximum Gasteiger partial charge on any atom is 0.0919 e. The van der Waals surface area contributed by atoms with E-state index in [1.54, 1.807) is 18.7 Å². The zero-order valence-corrected chi connectivity index (χ0v) is 16.7. The quantitative estimate of drug-likeness (QED) is 0.579. The Bertz CT molecular complexity index is 247. The normalized spacial score (nSPS) is 10.6. The van der Waals surface area contributed by atoms with E-state index in [4.69, 9.17) is 0 Å². The molecule has 138 valence electrons. The zero-order chi connectivity index (χ0) is 16.5. The number of H-pyrrole nitrogens is 1. The first-order valence-electron chi connectivity index (χ1n) is 9.52. The summed E-state index contributed by atoms with van der Waals surface area (Å²) in [6.45, 7) is 15.0. The van der Waals surface area contributed by atoms with Crippen LogP contribution in [0, 0.1) is 0 Å². The van der Waals surface area contributed by atoms with E-state index in [1.165, 1.54) is 82.0 Å². The molecule has 0 atom stereocenters. The molecule has 1 heterocycles. The lowest BCUT2D eigenvalue weighted by Gasteiger charge is -2.39. The highest BCUT2D eigenvalue weighted by Gasteiger charge is 2.24. The third-order valence-corrected chi connectivity index (χ3v) is 4.35. The van der Waals surface area contributed by atoms with Gasteiger partial charge in [-0.1, -0.05) is 53.4 Å². The van der Waals surface area contributed by atoms with Gasteiger partial charge in [-0.25, -0.2) is 4.98 Å². The van der Waals surface area contributed by atoms with Crippen LogP contribution in [0.3, 0.4) is 0 Å². The van der Waals surface area contributed by atoms with Crippen molar-refractivity contribution in [2.24, 2.45) is 0 Å². The number of imidazole rings is 1. The number of rotatable bonds is 12. The second-order valence-corrected chi connectivity index (χ2v) is 6.41. The number of quaternary nitrogens is 1. The molecule has 0 aliphatic carbocycles. The SMILES string of the molecule is CCCC[N+](CCCC)(CCCC)CCCC.[Cl-].c1c[nH]cn1. The van der Waals surface area contributed by atoms with Crippen LogP contribution in [-0.4, -0.2) is 40.6 Å². The number of aromatic amines is 1. The monoisotopic (exact) mass is 345 g/mol. The molecule has 0 spiro atoms. The molecule has 3 nitrogen and oxygen atoms in total. The first-order valence-corrected chi connectivity index (χ1v) is 9.52. The number of aromatic nitrogens is 2. The molecule has 1 aromatic rings. The van der Waals surface area contributed by atoms with Crippen molar-refractivity contribution >= 4 is 0 Å². The van der Waals surface area contributed by atoms with E-state index >= 15 is 0 Å². The average Bonchev–Trinajstić information content (AvgIpc) is 3.13. The van der Waals surface area contributed by atoms with E-state index < -0.39 is 0 Å². The van der Waals surface area contributed by atoms with Gasteiger partial charge in [0.1, 0.15) is 0 Å². The summed E-state index contributed by atoms with van der Waals surface area (Å²) in [7, 11) is 0. The largest absolute Gasteiger partial charge is 1.00 e. The van der Waals surface area contributed by atoms with Gasteiger partial charge >= 0.3 is 0 Å². The van der Waals surface area contributed by atoms with Gasteiger partial charge in [-0.2, -0.15) is 0 Å². The minimum absolute atomic E-state index is 0. The van der Waals surface area contributed by atoms with Crippen molar-refractivity contribution in [2.45, 2.75) is 79.1 Å². The lowest BCUT2D eigenvalue weighted by atomic mass is 10.1. The van der Waals surface area contributed by atoms with Gasteiger partial charge in [-0.05, 0) is 25.7 Å². The van der Waals surface area contributed by atoms with Crippen molar-refractivity contribution in [3.8, 4) is 0 Å². The Morgan fingerprint density at radius 3 is 1.30 bits per heavy atom. The van der Waals surface area contributed by atoms with Crippen LogP contribution in [0.15, 0.2) is 18.7 Å². The number of hydrogen-bond acceptors (Lipinski definition) is 1. The van der Waals surface area contributed by atoms with Crippen LogP contribution in [0.1, 0.15) is 79.1 Å². The zero-order valence-electron chi connectivity index (χ0n) is 16.0. The molecular weight excluding hydrogens is 306 g/mol. The third kappa shape index (κ3) is 13.6. The van der Waals surface area contributed by atoms with Gasteiger partial charge in [-0.3, -0.25) is 0 Å². The van der Waals surface area contributed by atoms with Crippen LogP contribution in [0.25, 0.3) is 0 Å². The molecular formula is C19H40ClN3. The van der Waals surface area contributed by atoms with Gasteiger partial charge in [0.15, 0.2) is 0 Å². The molecule has 0 saturated carbocycles. The number of halogens is 1. The predicted molar refractivity (Wildman–Crippen MR) is 97.9 cm³/mol. The molecule has 0 radical (unpaired) electrons. The smallest absolute Gasteiger partial charge is 0.0919 e. The second kappa shape index (κ2) is 17.8. The van der Waals surface area contributed by atoms with Crippen molar-refractivity contribution in [3.63, 3.8) is 0 Å². The molecule has 1 rings (SSSR count). The Labute approximate surface area is 151 Å². The summed E-state index contributed by atoms with van der Waals surface area (Å²) in [5.74, 6) is 0. The van der Waals surface area contributed by atoms with Crippen LogP contribution < -0.4 is 12.4 Å². The van der Waals surface area contributed by atoms with E-state index in [1.807, 2.05) is 0 Å². The van der Waals surface area contributed by atoms with Crippen molar-refractivity contribution in [3.05, 3.63) is 18.7 Å². The van der Waals surface area contributed by atoms with E-state index in [2.05, 4.69) is 37.7 Å². The van der Waals surface area contributed by atoms with Crippen LogP contribution in [0.4, 0.5) is 0 Å². The summed E-state index contributed by atoms with van der Waals surface area (Å²) in [6, 6.07) is 0. The summed E-state index contributed by atoms with van der Waals surface area (Å²) in [5, 5.41) is 0. The molecule has 4 heteroatoms. The highest BCUT2D eigenvalue weighted by atomic mass is 35.5. The molecule has 0 fully saturated rings. The molecule has 0 bridgehead atoms. The number of hydrogen-bond donors (Lipinski definition) is 1. The topological polar surface area (TPSA) is 28.7 Å². The lowest BCUT2D eigenvalue weighted by Crippen LogP contribution is -3.00. The van der Waals surface area contributed by atoms with Crippen molar-refractivity contribution < 1.29 is 16.9 Å². The highest BCUT2D eigenvalue weighted by Crippen LogP contribution is 2.16. The molecule has 0 amide bonds. The minimum Gasteiger partial charge on any atom is -1.00 e. The Kier molecular flexibility index (Phi) is 19.1. The van der Waals surface area contributed by atoms with Crippen LogP contribution in [0.5, 0.6) is 0 Å². The fourth-order valence-corrected chi connectivity index (χ4v) is 2.86. The summed E-state index contributed by atoms with van der Waals surface area (Å²) in [5.41, 5.74) is 0. The van der Waals surface area contributed by atoms with E-state index in [9.17, 15) is 0 Å². The summed E-state index contributed by atoms with van der Waals surface area (Å²) < 4.78 is 1.42. The van der Waals surface area contributed by atoms with Crippen LogP contribution in [-0.2, 0) is 0 Å². The van der Waals surface area contributed by atoms with Crippen molar-refractivity contribution in [1.82, 2.24) is 9.97 Å².